The highest BCUT2D eigenvalue weighted by Gasteiger charge is 2.31. The molecule has 0 bridgehead atoms. The van der Waals surface area contributed by atoms with Crippen molar-refractivity contribution in [2.45, 2.75) is 32.0 Å². The van der Waals surface area contributed by atoms with Gasteiger partial charge >= 0.3 is 0 Å². The van der Waals surface area contributed by atoms with Crippen LogP contribution < -0.4 is 5.32 Å². The van der Waals surface area contributed by atoms with Gasteiger partial charge in [0.25, 0.3) is 0 Å². The normalized spacial score (nSPS) is 11.4. The van der Waals surface area contributed by atoms with Crippen molar-refractivity contribution in [3.05, 3.63) is 144 Å². The van der Waals surface area contributed by atoms with Crippen molar-refractivity contribution < 1.29 is 9.59 Å². The number of hydrogen-bond acceptors (Lipinski definition) is 2. The molecular formula is C31H30N2O2. The van der Waals surface area contributed by atoms with Gasteiger partial charge in [-0.25, -0.2) is 0 Å². The number of nitrogens with one attached hydrogen (secondary N) is 1. The number of nitrogens with zero attached hydrogens (tertiary/aromatic N) is 1. The van der Waals surface area contributed by atoms with Gasteiger partial charge in [-0.3, -0.25) is 9.59 Å². The quantitative estimate of drug-likeness (QED) is 0.328. The van der Waals surface area contributed by atoms with Crippen molar-refractivity contribution in [2.24, 2.45) is 0 Å². The number of rotatable bonds is 10. The van der Waals surface area contributed by atoms with Gasteiger partial charge in [0.1, 0.15) is 6.04 Å². The predicted molar refractivity (Wildman–Crippen MR) is 139 cm³/mol. The van der Waals surface area contributed by atoms with Crippen LogP contribution >= 0.6 is 0 Å². The summed E-state index contributed by atoms with van der Waals surface area (Å²) >= 11 is 0. The highest BCUT2D eigenvalue weighted by Crippen LogP contribution is 2.25. The van der Waals surface area contributed by atoms with Crippen LogP contribution in [0.25, 0.3) is 0 Å². The summed E-state index contributed by atoms with van der Waals surface area (Å²) in [7, 11) is 0. The number of carbonyl (C=O) groups is 2. The molecular weight excluding hydrogens is 432 g/mol. The molecule has 4 aromatic rings. The van der Waals surface area contributed by atoms with Gasteiger partial charge in [0.15, 0.2) is 0 Å². The van der Waals surface area contributed by atoms with Crippen LogP contribution in [0.3, 0.4) is 0 Å². The van der Waals surface area contributed by atoms with E-state index in [-0.39, 0.29) is 11.8 Å². The first-order chi connectivity index (χ1) is 17.2. The lowest BCUT2D eigenvalue weighted by atomic mass is 10.0. The van der Waals surface area contributed by atoms with E-state index in [2.05, 4.69) is 5.32 Å². The van der Waals surface area contributed by atoms with Crippen molar-refractivity contribution in [3.8, 4) is 0 Å². The lowest BCUT2D eigenvalue weighted by Crippen LogP contribution is -2.43. The Bertz CT molecular complexity index is 1200. The number of aryl methyl sites for hydroxylation is 1. The summed E-state index contributed by atoms with van der Waals surface area (Å²) in [6.45, 7) is 0.757. The fourth-order valence-electron chi connectivity index (χ4n) is 4.13. The minimum Gasteiger partial charge on any atom is -0.350 e. The molecule has 0 aromatic heterocycles. The molecule has 0 aliphatic rings. The van der Waals surface area contributed by atoms with Gasteiger partial charge in [0, 0.05) is 19.5 Å². The van der Waals surface area contributed by atoms with Crippen LogP contribution in [0.4, 0.5) is 0 Å². The maximum atomic E-state index is 13.7. The fraction of sp³-hybridized carbons (Fsp3) is 0.161. The Labute approximate surface area is 207 Å². The third-order valence-electron chi connectivity index (χ3n) is 5.97. The summed E-state index contributed by atoms with van der Waals surface area (Å²) in [4.78, 5) is 29.0. The summed E-state index contributed by atoms with van der Waals surface area (Å²) in [5.74, 6) is -0.245. The van der Waals surface area contributed by atoms with E-state index in [1.165, 1.54) is 0 Å². The summed E-state index contributed by atoms with van der Waals surface area (Å²) in [5.41, 5.74) is 3.89. The van der Waals surface area contributed by atoms with Crippen LogP contribution in [0, 0.1) is 0 Å². The van der Waals surface area contributed by atoms with Gasteiger partial charge in [0.2, 0.25) is 11.8 Å². The van der Waals surface area contributed by atoms with E-state index in [0.29, 0.717) is 25.9 Å². The Balaban J connectivity index is 1.61. The van der Waals surface area contributed by atoms with Gasteiger partial charge in [-0.2, -0.15) is 0 Å². The van der Waals surface area contributed by atoms with E-state index in [0.717, 1.165) is 22.3 Å². The highest BCUT2D eigenvalue weighted by atomic mass is 16.2. The molecule has 1 N–H and O–H groups in total. The number of amides is 2. The molecule has 35 heavy (non-hydrogen) atoms. The van der Waals surface area contributed by atoms with E-state index in [1.807, 2.05) is 121 Å². The third-order valence-corrected chi connectivity index (χ3v) is 5.97. The lowest BCUT2D eigenvalue weighted by Gasteiger charge is -2.32. The van der Waals surface area contributed by atoms with Crippen LogP contribution in [0.2, 0.25) is 0 Å². The standard InChI is InChI=1S/C31H30N2O2/c34-29(22-21-25-13-5-1-6-14-25)33(24-27-17-9-3-10-18-27)30(28-19-11-4-12-20-28)31(35)32-23-26-15-7-2-8-16-26/h1-20,30H,21-24H2,(H,32,35)/t30-/m1/s1. The molecule has 0 aliphatic carbocycles. The van der Waals surface area contributed by atoms with Crippen LogP contribution in [0.5, 0.6) is 0 Å². The molecule has 2 amide bonds. The van der Waals surface area contributed by atoms with Crippen molar-refractivity contribution in [1.82, 2.24) is 10.2 Å². The van der Waals surface area contributed by atoms with Crippen LogP contribution in [0.15, 0.2) is 121 Å². The molecule has 0 heterocycles. The minimum atomic E-state index is -0.733. The zero-order chi connectivity index (χ0) is 24.3. The molecule has 0 radical (unpaired) electrons. The van der Waals surface area contributed by atoms with Gasteiger partial charge in [-0.1, -0.05) is 121 Å². The first-order valence-corrected chi connectivity index (χ1v) is 11.9. The maximum absolute atomic E-state index is 13.7. The topological polar surface area (TPSA) is 49.4 Å². The van der Waals surface area contributed by atoms with Crippen molar-refractivity contribution in [2.75, 3.05) is 0 Å². The summed E-state index contributed by atoms with van der Waals surface area (Å²) in [5, 5.41) is 3.06. The molecule has 0 saturated carbocycles. The Morgan fingerprint density at radius 1 is 0.629 bits per heavy atom. The van der Waals surface area contributed by atoms with Gasteiger partial charge in [-0.05, 0) is 28.7 Å². The number of benzene rings is 4. The molecule has 4 aromatic carbocycles. The fourth-order valence-corrected chi connectivity index (χ4v) is 4.13. The molecule has 0 spiro atoms. The first-order valence-electron chi connectivity index (χ1n) is 11.9. The van der Waals surface area contributed by atoms with Crippen molar-refractivity contribution in [3.63, 3.8) is 0 Å². The van der Waals surface area contributed by atoms with Crippen LogP contribution in [0.1, 0.15) is 34.7 Å². The molecule has 0 fully saturated rings. The molecule has 4 nitrogen and oxygen atoms in total. The maximum Gasteiger partial charge on any atom is 0.247 e. The number of carbonyl (C=O) groups excluding carboxylic acids is 2. The second-order valence-corrected chi connectivity index (χ2v) is 8.51. The molecule has 176 valence electrons. The second-order valence-electron chi connectivity index (χ2n) is 8.51. The van der Waals surface area contributed by atoms with Crippen LogP contribution in [-0.4, -0.2) is 16.7 Å². The summed E-state index contributed by atoms with van der Waals surface area (Å²) in [6, 6.07) is 38.4. The van der Waals surface area contributed by atoms with E-state index >= 15 is 0 Å². The SMILES string of the molecule is O=C(NCc1ccccc1)[C@@H](c1ccccc1)N(Cc1ccccc1)C(=O)CCc1ccccc1. The van der Waals surface area contributed by atoms with E-state index in [9.17, 15) is 9.59 Å². The molecule has 0 aliphatic heterocycles. The Morgan fingerprint density at radius 2 is 1.11 bits per heavy atom. The third kappa shape index (κ3) is 6.90. The van der Waals surface area contributed by atoms with Gasteiger partial charge in [0.05, 0.1) is 0 Å². The predicted octanol–water partition coefficient (Wildman–Crippen LogP) is 5.71. The van der Waals surface area contributed by atoms with Gasteiger partial charge < -0.3 is 10.2 Å². The van der Waals surface area contributed by atoms with Gasteiger partial charge in [-0.15, -0.1) is 0 Å². The second kappa shape index (κ2) is 12.3. The Hall–Kier alpha value is -4.18. The Morgan fingerprint density at radius 3 is 1.69 bits per heavy atom. The average molecular weight is 463 g/mol. The van der Waals surface area contributed by atoms with Crippen LogP contribution in [-0.2, 0) is 29.1 Å². The summed E-state index contributed by atoms with van der Waals surface area (Å²) < 4.78 is 0. The summed E-state index contributed by atoms with van der Waals surface area (Å²) in [6.07, 6.45) is 0.949. The zero-order valence-corrected chi connectivity index (χ0v) is 19.7. The first kappa shape index (κ1) is 24.0. The Kier molecular flexibility index (Phi) is 8.44. The number of hydrogen-bond donors (Lipinski definition) is 1. The average Bonchev–Trinajstić information content (AvgIpc) is 2.92. The monoisotopic (exact) mass is 462 g/mol. The highest BCUT2D eigenvalue weighted by molar-refractivity contribution is 5.88. The van der Waals surface area contributed by atoms with E-state index < -0.39 is 6.04 Å². The molecule has 0 saturated heterocycles. The zero-order valence-electron chi connectivity index (χ0n) is 19.7. The largest absolute Gasteiger partial charge is 0.350 e. The van der Waals surface area contributed by atoms with Crippen molar-refractivity contribution >= 4 is 11.8 Å². The van der Waals surface area contributed by atoms with Crippen molar-refractivity contribution in [1.29, 1.82) is 0 Å². The smallest absolute Gasteiger partial charge is 0.247 e. The van der Waals surface area contributed by atoms with E-state index in [4.69, 9.17) is 0 Å². The van der Waals surface area contributed by atoms with E-state index in [1.54, 1.807) is 4.90 Å². The lowest BCUT2D eigenvalue weighted by molar-refractivity contribution is -0.141. The minimum absolute atomic E-state index is 0.0542. The molecule has 4 rings (SSSR count). The molecule has 0 unspecified atom stereocenters. The molecule has 4 heteroatoms. The molecule has 1 atom stereocenters.